The molecule has 2 aliphatic carbocycles. The van der Waals surface area contributed by atoms with Crippen molar-refractivity contribution in [1.29, 1.82) is 0 Å². The summed E-state index contributed by atoms with van der Waals surface area (Å²) in [5.41, 5.74) is 0. The van der Waals surface area contributed by atoms with E-state index in [-0.39, 0.29) is 0 Å². The van der Waals surface area contributed by atoms with Crippen molar-refractivity contribution in [2.75, 3.05) is 6.54 Å². The van der Waals surface area contributed by atoms with Crippen molar-refractivity contribution in [3.8, 4) is 0 Å². The van der Waals surface area contributed by atoms with Crippen LogP contribution in [0.2, 0.25) is 0 Å². The molecule has 2 N–H and O–H groups in total. The lowest BCUT2D eigenvalue weighted by atomic mass is 9.77. The lowest BCUT2D eigenvalue weighted by Gasteiger charge is -2.41. The maximum Gasteiger partial charge on any atom is 0.0113 e. The molecule has 1 aliphatic heterocycles. The topological polar surface area (TPSA) is 24.1 Å². The summed E-state index contributed by atoms with van der Waals surface area (Å²) in [6.07, 6.45) is 18.8. The van der Waals surface area contributed by atoms with Gasteiger partial charge < -0.3 is 10.6 Å². The van der Waals surface area contributed by atoms with Crippen molar-refractivity contribution in [1.82, 2.24) is 10.6 Å². The van der Waals surface area contributed by atoms with Gasteiger partial charge >= 0.3 is 0 Å². The molecule has 0 bridgehead atoms. The standard InChI is InChI=1S/C18H34N2/c1-2-4-10-15(9-3-1)20-18-13-6-5-11-16(18)17-12-7-8-14-19-17/h15-20H,1-14H2. The molecule has 2 saturated carbocycles. The van der Waals surface area contributed by atoms with Crippen molar-refractivity contribution in [2.24, 2.45) is 5.92 Å². The molecule has 0 radical (unpaired) electrons. The van der Waals surface area contributed by atoms with E-state index in [0.717, 1.165) is 24.0 Å². The maximum absolute atomic E-state index is 4.11. The van der Waals surface area contributed by atoms with E-state index in [2.05, 4.69) is 10.6 Å². The van der Waals surface area contributed by atoms with Crippen molar-refractivity contribution < 1.29 is 0 Å². The van der Waals surface area contributed by atoms with E-state index in [4.69, 9.17) is 0 Å². The van der Waals surface area contributed by atoms with E-state index >= 15 is 0 Å². The van der Waals surface area contributed by atoms with Crippen LogP contribution in [-0.2, 0) is 0 Å². The second kappa shape index (κ2) is 7.79. The summed E-state index contributed by atoms with van der Waals surface area (Å²) in [7, 11) is 0. The molecule has 0 aromatic rings. The zero-order chi connectivity index (χ0) is 13.6. The summed E-state index contributed by atoms with van der Waals surface area (Å²) in [6.45, 7) is 1.26. The molecule has 0 aromatic carbocycles. The molecule has 3 fully saturated rings. The van der Waals surface area contributed by atoms with Crippen LogP contribution in [0.1, 0.15) is 83.5 Å². The van der Waals surface area contributed by atoms with Crippen molar-refractivity contribution in [3.63, 3.8) is 0 Å². The highest BCUT2D eigenvalue weighted by Crippen LogP contribution is 2.31. The SMILES string of the molecule is C1CCCC(NC2CCCCC2C2CCCCN2)CC1. The maximum atomic E-state index is 4.11. The van der Waals surface area contributed by atoms with Gasteiger partial charge in [0.25, 0.3) is 0 Å². The minimum atomic E-state index is 0.808. The number of piperidine rings is 1. The molecule has 116 valence electrons. The van der Waals surface area contributed by atoms with Gasteiger partial charge in [-0.3, -0.25) is 0 Å². The predicted octanol–water partition coefficient (Wildman–Crippen LogP) is 4.00. The fourth-order valence-corrected chi connectivity index (χ4v) is 4.84. The van der Waals surface area contributed by atoms with Gasteiger partial charge in [-0.25, -0.2) is 0 Å². The zero-order valence-electron chi connectivity index (χ0n) is 13.2. The molecule has 0 aromatic heterocycles. The van der Waals surface area contributed by atoms with Gasteiger partial charge in [-0.15, -0.1) is 0 Å². The number of nitrogens with one attached hydrogen (secondary N) is 2. The molecule has 0 amide bonds. The van der Waals surface area contributed by atoms with Gasteiger partial charge in [0.2, 0.25) is 0 Å². The lowest BCUT2D eigenvalue weighted by molar-refractivity contribution is 0.168. The van der Waals surface area contributed by atoms with Gasteiger partial charge in [0.05, 0.1) is 0 Å². The van der Waals surface area contributed by atoms with Crippen LogP contribution in [0.3, 0.4) is 0 Å². The predicted molar refractivity (Wildman–Crippen MR) is 86.0 cm³/mol. The van der Waals surface area contributed by atoms with E-state index < -0.39 is 0 Å². The van der Waals surface area contributed by atoms with Gasteiger partial charge in [-0.1, -0.05) is 44.9 Å². The Balaban J connectivity index is 1.56. The molecule has 3 rings (SSSR count). The van der Waals surface area contributed by atoms with Crippen LogP contribution in [0.15, 0.2) is 0 Å². The highest BCUT2D eigenvalue weighted by molar-refractivity contribution is 4.92. The van der Waals surface area contributed by atoms with E-state index in [9.17, 15) is 0 Å². The van der Waals surface area contributed by atoms with Gasteiger partial charge in [0.15, 0.2) is 0 Å². The monoisotopic (exact) mass is 278 g/mol. The molecule has 2 heteroatoms. The van der Waals surface area contributed by atoms with Crippen LogP contribution in [0.4, 0.5) is 0 Å². The first-order valence-electron chi connectivity index (χ1n) is 9.43. The van der Waals surface area contributed by atoms with Crippen LogP contribution >= 0.6 is 0 Å². The minimum Gasteiger partial charge on any atom is -0.314 e. The van der Waals surface area contributed by atoms with Crippen LogP contribution in [0, 0.1) is 5.92 Å². The Labute approximate surface area is 125 Å². The Morgan fingerprint density at radius 3 is 2.10 bits per heavy atom. The fraction of sp³-hybridized carbons (Fsp3) is 1.00. The third-order valence-electron chi connectivity index (χ3n) is 5.99. The summed E-state index contributed by atoms with van der Waals surface area (Å²) in [5.74, 6) is 0.910. The Bertz CT molecular complexity index is 265. The first kappa shape index (κ1) is 14.8. The molecule has 3 aliphatic rings. The van der Waals surface area contributed by atoms with Gasteiger partial charge in [0, 0.05) is 18.1 Å². The third kappa shape index (κ3) is 3.98. The Morgan fingerprint density at radius 1 is 0.650 bits per heavy atom. The summed E-state index contributed by atoms with van der Waals surface area (Å²) < 4.78 is 0. The van der Waals surface area contributed by atoms with E-state index in [0.29, 0.717) is 0 Å². The van der Waals surface area contributed by atoms with Gasteiger partial charge in [-0.2, -0.15) is 0 Å². The molecule has 3 unspecified atom stereocenters. The molecular formula is C18H34N2. The number of hydrogen-bond donors (Lipinski definition) is 2. The highest BCUT2D eigenvalue weighted by Gasteiger charge is 2.33. The lowest BCUT2D eigenvalue weighted by Crippen LogP contribution is -2.52. The van der Waals surface area contributed by atoms with Crippen LogP contribution in [0.5, 0.6) is 0 Å². The minimum absolute atomic E-state index is 0.808. The fourth-order valence-electron chi connectivity index (χ4n) is 4.84. The summed E-state index contributed by atoms with van der Waals surface area (Å²) in [5, 5.41) is 7.93. The van der Waals surface area contributed by atoms with E-state index in [1.165, 1.54) is 90.0 Å². The van der Waals surface area contributed by atoms with Crippen molar-refractivity contribution in [2.45, 2.75) is 102 Å². The molecule has 20 heavy (non-hydrogen) atoms. The smallest absolute Gasteiger partial charge is 0.0113 e. The van der Waals surface area contributed by atoms with E-state index in [1.807, 2.05) is 0 Å². The van der Waals surface area contributed by atoms with Crippen LogP contribution < -0.4 is 10.6 Å². The van der Waals surface area contributed by atoms with Gasteiger partial charge in [0.1, 0.15) is 0 Å². The molecule has 3 atom stereocenters. The molecule has 1 saturated heterocycles. The van der Waals surface area contributed by atoms with Crippen LogP contribution in [0.25, 0.3) is 0 Å². The van der Waals surface area contributed by atoms with Crippen LogP contribution in [-0.4, -0.2) is 24.7 Å². The van der Waals surface area contributed by atoms with E-state index in [1.54, 1.807) is 0 Å². The third-order valence-corrected chi connectivity index (χ3v) is 5.99. The normalized spacial score (nSPS) is 37.5. The number of hydrogen-bond acceptors (Lipinski definition) is 2. The molecule has 2 nitrogen and oxygen atoms in total. The largest absolute Gasteiger partial charge is 0.314 e. The Hall–Kier alpha value is -0.0800. The van der Waals surface area contributed by atoms with Crippen molar-refractivity contribution >= 4 is 0 Å². The van der Waals surface area contributed by atoms with Crippen molar-refractivity contribution in [3.05, 3.63) is 0 Å². The first-order chi connectivity index (χ1) is 9.93. The average Bonchev–Trinajstić information content (AvgIpc) is 2.77. The number of rotatable bonds is 3. The summed E-state index contributed by atoms with van der Waals surface area (Å²) in [4.78, 5) is 0. The Morgan fingerprint density at radius 2 is 1.35 bits per heavy atom. The molecule has 0 spiro atoms. The second-order valence-electron chi connectivity index (χ2n) is 7.47. The quantitative estimate of drug-likeness (QED) is 0.763. The second-order valence-corrected chi connectivity index (χ2v) is 7.47. The summed E-state index contributed by atoms with van der Waals surface area (Å²) in [6, 6.07) is 2.45. The highest BCUT2D eigenvalue weighted by atomic mass is 15.0. The average molecular weight is 278 g/mol. The summed E-state index contributed by atoms with van der Waals surface area (Å²) >= 11 is 0. The Kier molecular flexibility index (Phi) is 5.78. The van der Waals surface area contributed by atoms with Gasteiger partial charge in [-0.05, 0) is 51.0 Å². The zero-order valence-corrected chi connectivity index (χ0v) is 13.2. The molecular weight excluding hydrogens is 244 g/mol. The first-order valence-corrected chi connectivity index (χ1v) is 9.43. The molecule has 1 heterocycles.